The number of aryl methyl sites for hydroxylation is 1. The van der Waals surface area contributed by atoms with Crippen molar-refractivity contribution in [2.24, 2.45) is 0 Å². The summed E-state index contributed by atoms with van der Waals surface area (Å²) >= 11 is 5.96. The molecule has 0 unspecified atom stereocenters. The summed E-state index contributed by atoms with van der Waals surface area (Å²) in [5.41, 5.74) is 2.69. The van der Waals surface area contributed by atoms with E-state index in [2.05, 4.69) is 21.4 Å². The molecule has 0 bridgehead atoms. The van der Waals surface area contributed by atoms with Crippen molar-refractivity contribution in [1.82, 2.24) is 14.7 Å². The summed E-state index contributed by atoms with van der Waals surface area (Å²) in [6, 6.07) is 7.93. The van der Waals surface area contributed by atoms with Gasteiger partial charge in [0.05, 0.1) is 23.9 Å². The Morgan fingerprint density at radius 3 is 2.88 bits per heavy atom. The zero-order chi connectivity index (χ0) is 16.9. The van der Waals surface area contributed by atoms with Crippen molar-refractivity contribution in [3.63, 3.8) is 0 Å². The smallest absolute Gasteiger partial charge is 0.246 e. The Hall–Kier alpha value is -1.89. The van der Waals surface area contributed by atoms with Crippen LogP contribution in [0.15, 0.2) is 30.5 Å². The number of amides is 1. The highest BCUT2D eigenvalue weighted by molar-refractivity contribution is 6.31. The van der Waals surface area contributed by atoms with Crippen LogP contribution >= 0.6 is 11.6 Å². The van der Waals surface area contributed by atoms with E-state index in [-0.39, 0.29) is 12.5 Å². The third kappa shape index (κ3) is 4.56. The maximum Gasteiger partial charge on any atom is 0.246 e. The molecule has 128 valence electrons. The summed E-state index contributed by atoms with van der Waals surface area (Å²) in [4.78, 5) is 14.5. The fraction of sp³-hybridized carbons (Fsp3) is 0.412. The van der Waals surface area contributed by atoms with Gasteiger partial charge >= 0.3 is 0 Å². The Morgan fingerprint density at radius 1 is 1.38 bits per heavy atom. The Kier molecular flexibility index (Phi) is 5.50. The average Bonchev–Trinajstić information content (AvgIpc) is 2.86. The Labute approximate surface area is 146 Å². The lowest BCUT2D eigenvalue weighted by Gasteiger charge is -2.26. The Morgan fingerprint density at radius 2 is 2.17 bits per heavy atom. The Bertz CT molecular complexity index is 691. The van der Waals surface area contributed by atoms with E-state index in [0.717, 1.165) is 44.2 Å². The largest absolute Gasteiger partial charge is 0.379 e. The van der Waals surface area contributed by atoms with E-state index < -0.39 is 0 Å². The van der Waals surface area contributed by atoms with Gasteiger partial charge in [0.2, 0.25) is 5.91 Å². The van der Waals surface area contributed by atoms with Crippen LogP contribution in [0.5, 0.6) is 0 Å². The third-order valence-corrected chi connectivity index (χ3v) is 4.28. The van der Waals surface area contributed by atoms with Crippen molar-refractivity contribution >= 4 is 23.2 Å². The minimum Gasteiger partial charge on any atom is -0.379 e. The van der Waals surface area contributed by atoms with Crippen LogP contribution in [0.4, 0.5) is 5.69 Å². The number of halogens is 1. The van der Waals surface area contributed by atoms with Crippen LogP contribution in [0.3, 0.4) is 0 Å². The molecular formula is C17H21ClN4O2. The van der Waals surface area contributed by atoms with Crippen LogP contribution in [-0.2, 0) is 22.6 Å². The molecule has 0 saturated carbocycles. The second kappa shape index (κ2) is 7.79. The van der Waals surface area contributed by atoms with Gasteiger partial charge in [0.15, 0.2) is 0 Å². The number of benzene rings is 1. The zero-order valence-electron chi connectivity index (χ0n) is 13.7. The van der Waals surface area contributed by atoms with Gasteiger partial charge in [0.1, 0.15) is 6.54 Å². The molecular weight excluding hydrogens is 328 g/mol. The van der Waals surface area contributed by atoms with Gasteiger partial charge in [-0.2, -0.15) is 5.10 Å². The lowest BCUT2D eigenvalue weighted by atomic mass is 10.2. The highest BCUT2D eigenvalue weighted by atomic mass is 35.5. The average molecular weight is 349 g/mol. The number of nitrogens with zero attached hydrogens (tertiary/aromatic N) is 3. The lowest BCUT2D eigenvalue weighted by molar-refractivity contribution is -0.116. The number of aromatic nitrogens is 2. The van der Waals surface area contributed by atoms with Crippen molar-refractivity contribution in [2.45, 2.75) is 20.0 Å². The number of anilines is 1. The van der Waals surface area contributed by atoms with E-state index in [1.54, 1.807) is 10.9 Å². The molecule has 1 amide bonds. The van der Waals surface area contributed by atoms with Gasteiger partial charge in [0.25, 0.3) is 0 Å². The molecule has 2 aromatic rings. The van der Waals surface area contributed by atoms with E-state index >= 15 is 0 Å². The monoisotopic (exact) mass is 348 g/mol. The number of hydrogen-bond acceptors (Lipinski definition) is 4. The van der Waals surface area contributed by atoms with Crippen LogP contribution in [0.25, 0.3) is 0 Å². The van der Waals surface area contributed by atoms with Gasteiger partial charge < -0.3 is 10.1 Å². The van der Waals surface area contributed by atoms with Gasteiger partial charge in [-0.05, 0) is 24.6 Å². The molecule has 24 heavy (non-hydrogen) atoms. The van der Waals surface area contributed by atoms with E-state index in [1.165, 1.54) is 5.56 Å². The number of nitrogens with one attached hydrogen (secondary N) is 1. The number of ether oxygens (including phenoxy) is 1. The first-order chi connectivity index (χ1) is 11.6. The molecule has 0 spiro atoms. The molecule has 1 aliphatic heterocycles. The van der Waals surface area contributed by atoms with Crippen LogP contribution in [0.2, 0.25) is 5.02 Å². The fourth-order valence-electron chi connectivity index (χ4n) is 2.69. The highest BCUT2D eigenvalue weighted by Crippen LogP contribution is 2.15. The topological polar surface area (TPSA) is 59.4 Å². The molecule has 1 aromatic heterocycles. The van der Waals surface area contributed by atoms with Crippen molar-refractivity contribution in [3.05, 3.63) is 46.7 Å². The molecule has 6 nitrogen and oxygen atoms in total. The molecule has 2 heterocycles. The zero-order valence-corrected chi connectivity index (χ0v) is 14.4. The Balaban J connectivity index is 1.58. The van der Waals surface area contributed by atoms with Gasteiger partial charge in [0, 0.05) is 31.5 Å². The maximum absolute atomic E-state index is 12.2. The maximum atomic E-state index is 12.2. The second-order valence-corrected chi connectivity index (χ2v) is 6.30. The summed E-state index contributed by atoms with van der Waals surface area (Å²) in [5.74, 6) is -0.127. The summed E-state index contributed by atoms with van der Waals surface area (Å²) in [5, 5.41) is 7.67. The first-order valence-electron chi connectivity index (χ1n) is 7.98. The van der Waals surface area contributed by atoms with Crippen LogP contribution in [0.1, 0.15) is 11.3 Å². The van der Waals surface area contributed by atoms with E-state index in [1.807, 2.05) is 25.1 Å². The van der Waals surface area contributed by atoms with Crippen molar-refractivity contribution < 1.29 is 9.53 Å². The third-order valence-electron chi connectivity index (χ3n) is 3.91. The quantitative estimate of drug-likeness (QED) is 0.900. The summed E-state index contributed by atoms with van der Waals surface area (Å²) in [6.07, 6.45) is 1.66. The van der Waals surface area contributed by atoms with Gasteiger partial charge in [-0.15, -0.1) is 0 Å². The molecule has 1 fully saturated rings. The number of morpholine rings is 1. The molecule has 7 heteroatoms. The SMILES string of the molecule is Cc1nn(CC(=O)Nc2cccc(CN3CCOCC3)c2)cc1Cl. The molecule has 1 saturated heterocycles. The molecule has 0 aliphatic carbocycles. The second-order valence-electron chi connectivity index (χ2n) is 5.90. The van der Waals surface area contributed by atoms with Gasteiger partial charge in [-0.1, -0.05) is 23.7 Å². The number of hydrogen-bond donors (Lipinski definition) is 1. The van der Waals surface area contributed by atoms with E-state index in [9.17, 15) is 4.79 Å². The molecule has 3 rings (SSSR count). The molecule has 1 aliphatic rings. The molecule has 1 N–H and O–H groups in total. The number of rotatable bonds is 5. The summed E-state index contributed by atoms with van der Waals surface area (Å²) in [6.45, 7) is 6.25. The molecule has 1 aromatic carbocycles. The van der Waals surface area contributed by atoms with Crippen LogP contribution < -0.4 is 5.32 Å². The normalized spacial score (nSPS) is 15.4. The van der Waals surface area contributed by atoms with Crippen molar-refractivity contribution in [1.29, 1.82) is 0 Å². The minimum atomic E-state index is -0.127. The van der Waals surface area contributed by atoms with Crippen LogP contribution in [0, 0.1) is 6.92 Å². The molecule has 0 radical (unpaired) electrons. The number of carbonyl (C=O) groups is 1. The van der Waals surface area contributed by atoms with E-state index in [0.29, 0.717) is 5.02 Å². The number of carbonyl (C=O) groups excluding carboxylic acids is 1. The summed E-state index contributed by atoms with van der Waals surface area (Å²) in [7, 11) is 0. The van der Waals surface area contributed by atoms with Gasteiger partial charge in [-0.3, -0.25) is 14.4 Å². The van der Waals surface area contributed by atoms with Gasteiger partial charge in [-0.25, -0.2) is 0 Å². The minimum absolute atomic E-state index is 0.127. The lowest BCUT2D eigenvalue weighted by Crippen LogP contribution is -2.35. The predicted octanol–water partition coefficient (Wildman–Crippen LogP) is 2.32. The highest BCUT2D eigenvalue weighted by Gasteiger charge is 2.11. The fourth-order valence-corrected chi connectivity index (χ4v) is 2.84. The predicted molar refractivity (Wildman–Crippen MR) is 93.1 cm³/mol. The van der Waals surface area contributed by atoms with Crippen molar-refractivity contribution in [3.8, 4) is 0 Å². The van der Waals surface area contributed by atoms with Crippen LogP contribution in [-0.4, -0.2) is 46.9 Å². The molecule has 0 atom stereocenters. The van der Waals surface area contributed by atoms with E-state index in [4.69, 9.17) is 16.3 Å². The standard InChI is InChI=1S/C17H21ClN4O2/c1-13-16(18)11-22(20-13)12-17(23)19-15-4-2-3-14(9-15)10-21-5-7-24-8-6-21/h2-4,9,11H,5-8,10,12H2,1H3,(H,19,23). The van der Waals surface area contributed by atoms with Crippen molar-refractivity contribution in [2.75, 3.05) is 31.6 Å². The summed E-state index contributed by atoms with van der Waals surface area (Å²) < 4.78 is 6.91. The first-order valence-corrected chi connectivity index (χ1v) is 8.36. The first kappa shape index (κ1) is 17.0.